The van der Waals surface area contributed by atoms with Crippen LogP contribution in [0.25, 0.3) is 0 Å². The minimum absolute atomic E-state index is 0.389. The number of ketones is 1. The van der Waals surface area contributed by atoms with Crippen molar-refractivity contribution in [3.8, 4) is 6.07 Å². The van der Waals surface area contributed by atoms with E-state index in [2.05, 4.69) is 4.98 Å². The van der Waals surface area contributed by atoms with Gasteiger partial charge in [-0.05, 0) is 0 Å². The zero-order chi connectivity index (χ0) is 10.7. The van der Waals surface area contributed by atoms with Gasteiger partial charge in [0.05, 0.1) is 17.1 Å². The van der Waals surface area contributed by atoms with E-state index in [1.54, 1.807) is 11.0 Å². The van der Waals surface area contributed by atoms with Gasteiger partial charge in [0.2, 0.25) is 5.78 Å². The molecule has 0 saturated heterocycles. The maximum absolute atomic E-state index is 11.4. The number of halogens is 1. The standard InChI is InChI=1S/C8H8ClN3OS/c1-12(2)8-11-4-6(14-8)7(13)5(9)3-10/h4-5H,1-2H3. The van der Waals surface area contributed by atoms with Crippen LogP contribution in [-0.4, -0.2) is 30.2 Å². The number of nitrogens with zero attached hydrogens (tertiary/aromatic N) is 3. The van der Waals surface area contributed by atoms with Crippen LogP contribution in [0.3, 0.4) is 0 Å². The number of rotatable bonds is 3. The molecule has 1 atom stereocenters. The first-order valence-electron chi connectivity index (χ1n) is 3.77. The molecule has 0 N–H and O–H groups in total. The van der Waals surface area contributed by atoms with Crippen molar-refractivity contribution in [2.45, 2.75) is 5.38 Å². The Labute approximate surface area is 90.7 Å². The van der Waals surface area contributed by atoms with E-state index in [0.717, 1.165) is 5.13 Å². The fraction of sp³-hybridized carbons (Fsp3) is 0.375. The number of Topliss-reactive ketones (excluding diaryl/α,β-unsaturated/α-hetero) is 1. The van der Waals surface area contributed by atoms with Crippen LogP contribution in [0.2, 0.25) is 0 Å². The second kappa shape index (κ2) is 4.40. The Hall–Kier alpha value is -1.12. The Kier molecular flexibility index (Phi) is 3.44. The third-order valence-electron chi connectivity index (χ3n) is 1.46. The Bertz CT molecular complexity index is 382. The molecule has 0 saturated carbocycles. The van der Waals surface area contributed by atoms with E-state index in [4.69, 9.17) is 16.9 Å². The first-order chi connectivity index (χ1) is 6.56. The summed E-state index contributed by atoms with van der Waals surface area (Å²) in [5.41, 5.74) is 0. The molecule has 0 aliphatic rings. The monoisotopic (exact) mass is 229 g/mol. The third kappa shape index (κ3) is 2.22. The molecular weight excluding hydrogens is 222 g/mol. The lowest BCUT2D eigenvalue weighted by atomic mass is 10.3. The molecule has 0 radical (unpaired) electrons. The number of nitriles is 1. The van der Waals surface area contributed by atoms with Crippen LogP contribution in [-0.2, 0) is 0 Å². The van der Waals surface area contributed by atoms with Crippen molar-refractivity contribution in [3.05, 3.63) is 11.1 Å². The van der Waals surface area contributed by atoms with Crippen molar-refractivity contribution < 1.29 is 4.79 Å². The number of carbonyl (C=O) groups is 1. The van der Waals surface area contributed by atoms with Gasteiger partial charge in [0, 0.05) is 14.1 Å². The highest BCUT2D eigenvalue weighted by molar-refractivity contribution is 7.17. The van der Waals surface area contributed by atoms with E-state index in [9.17, 15) is 4.79 Å². The zero-order valence-corrected chi connectivity index (χ0v) is 9.26. The minimum Gasteiger partial charge on any atom is -0.354 e. The van der Waals surface area contributed by atoms with Crippen LogP contribution in [0.1, 0.15) is 9.67 Å². The highest BCUT2D eigenvalue weighted by Gasteiger charge is 2.19. The summed E-state index contributed by atoms with van der Waals surface area (Å²) >= 11 is 6.72. The summed E-state index contributed by atoms with van der Waals surface area (Å²) in [4.78, 5) is 17.6. The molecule has 0 aliphatic heterocycles. The van der Waals surface area contributed by atoms with Crippen molar-refractivity contribution >= 4 is 33.9 Å². The first kappa shape index (κ1) is 11.0. The Morgan fingerprint density at radius 3 is 2.86 bits per heavy atom. The number of hydrogen-bond acceptors (Lipinski definition) is 5. The summed E-state index contributed by atoms with van der Waals surface area (Å²) in [5, 5.41) is 8.05. The van der Waals surface area contributed by atoms with E-state index >= 15 is 0 Å². The van der Waals surface area contributed by atoms with E-state index in [1.165, 1.54) is 17.5 Å². The predicted molar refractivity (Wildman–Crippen MR) is 56.0 cm³/mol. The molecule has 1 rings (SSSR count). The fourth-order valence-corrected chi connectivity index (χ4v) is 1.76. The first-order valence-corrected chi connectivity index (χ1v) is 5.02. The molecule has 14 heavy (non-hydrogen) atoms. The van der Waals surface area contributed by atoms with Crippen molar-refractivity contribution in [1.29, 1.82) is 5.26 Å². The van der Waals surface area contributed by atoms with Gasteiger partial charge in [-0.1, -0.05) is 22.9 Å². The molecular formula is C8H8ClN3OS. The van der Waals surface area contributed by atoms with Crippen LogP contribution >= 0.6 is 22.9 Å². The van der Waals surface area contributed by atoms with E-state index < -0.39 is 5.38 Å². The molecule has 0 fully saturated rings. The van der Waals surface area contributed by atoms with Crippen molar-refractivity contribution in [2.24, 2.45) is 0 Å². The smallest absolute Gasteiger partial charge is 0.206 e. The van der Waals surface area contributed by atoms with E-state index in [1.807, 2.05) is 14.1 Å². The van der Waals surface area contributed by atoms with Crippen LogP contribution in [0.4, 0.5) is 5.13 Å². The highest BCUT2D eigenvalue weighted by Crippen LogP contribution is 2.22. The maximum Gasteiger partial charge on any atom is 0.206 e. The topological polar surface area (TPSA) is 57.0 Å². The van der Waals surface area contributed by atoms with Crippen molar-refractivity contribution in [2.75, 3.05) is 19.0 Å². The van der Waals surface area contributed by atoms with E-state index in [0.29, 0.717) is 4.88 Å². The number of alkyl halides is 1. The molecule has 1 unspecified atom stereocenters. The second-order valence-electron chi connectivity index (χ2n) is 2.76. The van der Waals surface area contributed by atoms with Gasteiger partial charge >= 0.3 is 0 Å². The van der Waals surface area contributed by atoms with Gasteiger partial charge in [-0.2, -0.15) is 5.26 Å². The van der Waals surface area contributed by atoms with Gasteiger partial charge in [0.15, 0.2) is 10.5 Å². The molecule has 1 aromatic rings. The largest absolute Gasteiger partial charge is 0.354 e. The molecule has 1 heterocycles. The average Bonchev–Trinajstić information content (AvgIpc) is 2.64. The van der Waals surface area contributed by atoms with Gasteiger partial charge in [-0.3, -0.25) is 4.79 Å². The van der Waals surface area contributed by atoms with Crippen LogP contribution < -0.4 is 4.90 Å². The third-order valence-corrected chi connectivity index (χ3v) is 2.94. The van der Waals surface area contributed by atoms with Crippen LogP contribution in [0.15, 0.2) is 6.20 Å². The Morgan fingerprint density at radius 2 is 2.43 bits per heavy atom. The quantitative estimate of drug-likeness (QED) is 0.583. The van der Waals surface area contributed by atoms with Gasteiger partial charge in [-0.15, -0.1) is 0 Å². The molecule has 74 valence electrons. The van der Waals surface area contributed by atoms with Crippen molar-refractivity contribution in [1.82, 2.24) is 4.98 Å². The average molecular weight is 230 g/mol. The molecule has 0 spiro atoms. The molecule has 0 amide bonds. The lowest BCUT2D eigenvalue weighted by Gasteiger charge is -2.05. The maximum atomic E-state index is 11.4. The molecule has 0 aromatic carbocycles. The number of hydrogen-bond donors (Lipinski definition) is 0. The summed E-state index contributed by atoms with van der Waals surface area (Å²) in [5.74, 6) is -0.389. The summed E-state index contributed by atoms with van der Waals surface area (Å²) in [6.45, 7) is 0. The normalized spacial score (nSPS) is 11.9. The number of carbonyl (C=O) groups excluding carboxylic acids is 1. The van der Waals surface area contributed by atoms with Gasteiger partial charge in [0.25, 0.3) is 0 Å². The van der Waals surface area contributed by atoms with Crippen molar-refractivity contribution in [3.63, 3.8) is 0 Å². The SMILES string of the molecule is CN(C)c1ncc(C(=O)C(Cl)C#N)s1. The summed E-state index contributed by atoms with van der Waals surface area (Å²) < 4.78 is 0. The molecule has 0 aliphatic carbocycles. The van der Waals surface area contributed by atoms with Gasteiger partial charge in [0.1, 0.15) is 0 Å². The molecule has 1 aromatic heterocycles. The van der Waals surface area contributed by atoms with E-state index in [-0.39, 0.29) is 5.78 Å². The zero-order valence-electron chi connectivity index (χ0n) is 7.69. The molecule has 0 bridgehead atoms. The minimum atomic E-state index is -1.12. The molecule has 6 heteroatoms. The summed E-state index contributed by atoms with van der Waals surface area (Å²) in [6, 6.07) is 1.68. The Morgan fingerprint density at radius 1 is 1.79 bits per heavy atom. The summed E-state index contributed by atoms with van der Waals surface area (Å²) in [6.07, 6.45) is 1.44. The van der Waals surface area contributed by atoms with Crippen LogP contribution in [0, 0.1) is 11.3 Å². The van der Waals surface area contributed by atoms with Crippen LogP contribution in [0.5, 0.6) is 0 Å². The number of thiazole rings is 1. The second-order valence-corrected chi connectivity index (χ2v) is 4.20. The fourth-order valence-electron chi connectivity index (χ4n) is 0.769. The van der Waals surface area contributed by atoms with Gasteiger partial charge < -0.3 is 4.90 Å². The highest BCUT2D eigenvalue weighted by atomic mass is 35.5. The Balaban J connectivity index is 2.88. The lowest BCUT2D eigenvalue weighted by molar-refractivity contribution is 0.100. The lowest BCUT2D eigenvalue weighted by Crippen LogP contribution is -2.10. The number of anilines is 1. The predicted octanol–water partition coefficient (Wildman–Crippen LogP) is 1.52. The molecule has 4 nitrogen and oxygen atoms in total. The summed E-state index contributed by atoms with van der Waals surface area (Å²) in [7, 11) is 3.66. The number of aromatic nitrogens is 1. The van der Waals surface area contributed by atoms with Gasteiger partial charge in [-0.25, -0.2) is 4.98 Å².